The lowest BCUT2D eigenvalue weighted by molar-refractivity contribution is -0.123. The van der Waals surface area contributed by atoms with Crippen LogP contribution in [0.1, 0.15) is 17.3 Å². The summed E-state index contributed by atoms with van der Waals surface area (Å²) in [4.78, 5) is 23.5. The van der Waals surface area contributed by atoms with E-state index in [1.165, 1.54) is 24.3 Å². The monoisotopic (exact) mass is 311 g/mol. The highest BCUT2D eigenvalue weighted by atomic mass is 32.1. The minimum Gasteiger partial charge on any atom is -0.449 e. The Morgan fingerprint density at radius 2 is 1.90 bits per heavy atom. The third kappa shape index (κ3) is 3.63. The van der Waals surface area contributed by atoms with E-state index in [1.54, 1.807) is 16.8 Å². The lowest BCUT2D eigenvalue weighted by atomic mass is 10.2. The van der Waals surface area contributed by atoms with E-state index < -0.39 is 35.3 Å². The van der Waals surface area contributed by atoms with Crippen molar-refractivity contribution in [2.24, 2.45) is 0 Å². The maximum atomic E-state index is 13.4. The topological polar surface area (TPSA) is 55.4 Å². The number of carbonyl (C=O) groups is 2. The zero-order valence-corrected chi connectivity index (χ0v) is 11.7. The van der Waals surface area contributed by atoms with Crippen LogP contribution in [0.25, 0.3) is 0 Å². The number of nitrogens with one attached hydrogen (secondary N) is 1. The molecule has 0 radical (unpaired) electrons. The van der Waals surface area contributed by atoms with E-state index in [0.29, 0.717) is 5.56 Å². The first-order valence-electron chi connectivity index (χ1n) is 5.97. The minimum absolute atomic E-state index is 0.316. The summed E-state index contributed by atoms with van der Waals surface area (Å²) in [6.45, 7) is 1.32. The van der Waals surface area contributed by atoms with Crippen LogP contribution in [0.5, 0.6) is 0 Å². The standard InChI is InChI=1S/C14H11F2NO3S/c1-8(20-14(19)9-5-6-21-7-9)13(18)17-12-10(15)3-2-4-11(12)16/h2-8H,1H3,(H,17,18). The van der Waals surface area contributed by atoms with Crippen molar-refractivity contribution >= 4 is 28.9 Å². The fourth-order valence-electron chi connectivity index (χ4n) is 1.50. The zero-order chi connectivity index (χ0) is 15.4. The molecule has 0 bridgehead atoms. The average molecular weight is 311 g/mol. The van der Waals surface area contributed by atoms with E-state index in [2.05, 4.69) is 5.32 Å². The van der Waals surface area contributed by atoms with Gasteiger partial charge in [-0.25, -0.2) is 13.6 Å². The first kappa shape index (κ1) is 15.1. The number of benzene rings is 1. The number of hydrogen-bond acceptors (Lipinski definition) is 4. The molecule has 1 amide bonds. The molecule has 1 aromatic heterocycles. The van der Waals surface area contributed by atoms with E-state index >= 15 is 0 Å². The van der Waals surface area contributed by atoms with E-state index in [-0.39, 0.29) is 0 Å². The second-order valence-electron chi connectivity index (χ2n) is 4.15. The summed E-state index contributed by atoms with van der Waals surface area (Å²) >= 11 is 1.31. The van der Waals surface area contributed by atoms with Crippen LogP contribution in [0.3, 0.4) is 0 Å². The van der Waals surface area contributed by atoms with Gasteiger partial charge in [0.2, 0.25) is 0 Å². The van der Waals surface area contributed by atoms with Crippen LogP contribution in [0.4, 0.5) is 14.5 Å². The van der Waals surface area contributed by atoms with Crippen LogP contribution in [-0.2, 0) is 9.53 Å². The molecule has 2 rings (SSSR count). The summed E-state index contributed by atoms with van der Waals surface area (Å²) in [6, 6.07) is 4.76. The summed E-state index contributed by atoms with van der Waals surface area (Å²) in [6.07, 6.45) is -1.18. The van der Waals surface area contributed by atoms with Gasteiger partial charge in [0.25, 0.3) is 5.91 Å². The lowest BCUT2D eigenvalue weighted by Gasteiger charge is -2.13. The summed E-state index contributed by atoms with van der Waals surface area (Å²) in [5.41, 5.74) is -0.252. The Morgan fingerprint density at radius 1 is 1.24 bits per heavy atom. The Kier molecular flexibility index (Phi) is 4.64. The van der Waals surface area contributed by atoms with Crippen molar-refractivity contribution in [1.82, 2.24) is 0 Å². The van der Waals surface area contributed by atoms with Gasteiger partial charge in [-0.1, -0.05) is 6.07 Å². The maximum Gasteiger partial charge on any atom is 0.339 e. The van der Waals surface area contributed by atoms with Crippen molar-refractivity contribution in [2.45, 2.75) is 13.0 Å². The molecular weight excluding hydrogens is 300 g/mol. The molecule has 1 unspecified atom stereocenters. The first-order valence-corrected chi connectivity index (χ1v) is 6.91. The molecular formula is C14H11F2NO3S. The normalized spacial score (nSPS) is 11.8. The lowest BCUT2D eigenvalue weighted by Crippen LogP contribution is -2.30. The van der Waals surface area contributed by atoms with Crippen molar-refractivity contribution in [3.8, 4) is 0 Å². The summed E-state index contributed by atoms with van der Waals surface area (Å²) in [5.74, 6) is -3.30. The van der Waals surface area contributed by atoms with Gasteiger partial charge in [-0.3, -0.25) is 4.79 Å². The highest BCUT2D eigenvalue weighted by Crippen LogP contribution is 2.18. The highest BCUT2D eigenvalue weighted by molar-refractivity contribution is 7.08. The molecule has 4 nitrogen and oxygen atoms in total. The third-order valence-corrected chi connectivity index (χ3v) is 3.30. The van der Waals surface area contributed by atoms with Crippen molar-refractivity contribution in [1.29, 1.82) is 0 Å². The molecule has 0 aliphatic carbocycles. The van der Waals surface area contributed by atoms with Crippen LogP contribution in [-0.4, -0.2) is 18.0 Å². The molecule has 0 fully saturated rings. The fraction of sp³-hybridized carbons (Fsp3) is 0.143. The Morgan fingerprint density at radius 3 is 2.48 bits per heavy atom. The molecule has 0 saturated carbocycles. The minimum atomic E-state index is -1.18. The predicted octanol–water partition coefficient (Wildman–Crippen LogP) is 3.21. The first-order chi connectivity index (χ1) is 9.99. The molecule has 21 heavy (non-hydrogen) atoms. The van der Waals surface area contributed by atoms with Crippen LogP contribution in [0, 0.1) is 11.6 Å². The summed E-state index contributed by atoms with van der Waals surface area (Å²) in [7, 11) is 0. The second kappa shape index (κ2) is 6.45. The molecule has 0 aliphatic heterocycles. The van der Waals surface area contributed by atoms with Crippen LogP contribution in [0.2, 0.25) is 0 Å². The Labute approximate surface area is 123 Å². The van der Waals surface area contributed by atoms with Gasteiger partial charge in [0, 0.05) is 5.38 Å². The number of carbonyl (C=O) groups excluding carboxylic acids is 2. The molecule has 7 heteroatoms. The largest absolute Gasteiger partial charge is 0.449 e. The van der Waals surface area contributed by atoms with Crippen molar-refractivity contribution in [3.05, 3.63) is 52.2 Å². The van der Waals surface area contributed by atoms with Gasteiger partial charge in [-0.15, -0.1) is 0 Å². The zero-order valence-electron chi connectivity index (χ0n) is 10.9. The Bertz CT molecular complexity index is 638. The summed E-state index contributed by atoms with van der Waals surface area (Å²) < 4.78 is 31.7. The number of hydrogen-bond donors (Lipinski definition) is 1. The molecule has 1 heterocycles. The number of anilines is 1. The molecule has 1 N–H and O–H groups in total. The fourth-order valence-corrected chi connectivity index (χ4v) is 2.13. The summed E-state index contributed by atoms with van der Waals surface area (Å²) in [5, 5.41) is 5.33. The van der Waals surface area contributed by atoms with Crippen molar-refractivity contribution in [2.75, 3.05) is 5.32 Å². The number of halogens is 2. The van der Waals surface area contributed by atoms with Crippen LogP contribution >= 0.6 is 11.3 Å². The number of amides is 1. The van der Waals surface area contributed by atoms with Gasteiger partial charge >= 0.3 is 5.97 Å². The number of thiophene rings is 1. The average Bonchev–Trinajstić information content (AvgIpc) is 2.97. The van der Waals surface area contributed by atoms with E-state index in [1.807, 2.05) is 0 Å². The molecule has 1 atom stereocenters. The van der Waals surface area contributed by atoms with Gasteiger partial charge < -0.3 is 10.1 Å². The number of esters is 1. The van der Waals surface area contributed by atoms with Crippen LogP contribution in [0.15, 0.2) is 35.0 Å². The van der Waals surface area contributed by atoms with Crippen molar-refractivity contribution < 1.29 is 23.1 Å². The van der Waals surface area contributed by atoms with E-state index in [4.69, 9.17) is 4.74 Å². The smallest absolute Gasteiger partial charge is 0.339 e. The van der Waals surface area contributed by atoms with Gasteiger partial charge in [0.05, 0.1) is 5.56 Å². The van der Waals surface area contributed by atoms with Gasteiger partial charge in [-0.2, -0.15) is 11.3 Å². The third-order valence-electron chi connectivity index (χ3n) is 2.62. The van der Waals surface area contributed by atoms with E-state index in [9.17, 15) is 18.4 Å². The van der Waals surface area contributed by atoms with Crippen LogP contribution < -0.4 is 5.32 Å². The Balaban J connectivity index is 2.01. The van der Waals surface area contributed by atoms with Gasteiger partial charge in [0.1, 0.15) is 17.3 Å². The molecule has 110 valence electrons. The molecule has 0 spiro atoms. The number of para-hydroxylation sites is 1. The molecule has 2 aromatic rings. The SMILES string of the molecule is CC(OC(=O)c1ccsc1)C(=O)Nc1c(F)cccc1F. The quantitative estimate of drug-likeness (QED) is 0.882. The highest BCUT2D eigenvalue weighted by Gasteiger charge is 2.21. The molecule has 1 aromatic carbocycles. The maximum absolute atomic E-state index is 13.4. The predicted molar refractivity (Wildman–Crippen MR) is 74.2 cm³/mol. The molecule has 0 saturated heterocycles. The van der Waals surface area contributed by atoms with Crippen molar-refractivity contribution in [3.63, 3.8) is 0 Å². The van der Waals surface area contributed by atoms with Gasteiger partial charge in [-0.05, 0) is 30.5 Å². The Hall–Kier alpha value is -2.28. The number of rotatable bonds is 4. The second-order valence-corrected chi connectivity index (χ2v) is 4.93. The van der Waals surface area contributed by atoms with Gasteiger partial charge in [0.15, 0.2) is 6.10 Å². The van der Waals surface area contributed by atoms with E-state index in [0.717, 1.165) is 12.1 Å². The number of ether oxygens (including phenoxy) is 1. The molecule has 0 aliphatic rings.